The van der Waals surface area contributed by atoms with Crippen LogP contribution in [0.25, 0.3) is 0 Å². The Hall–Kier alpha value is -3.19. The Balaban J connectivity index is 1.61. The summed E-state index contributed by atoms with van der Waals surface area (Å²) in [6, 6.07) is 9.45. The molecule has 2 fully saturated rings. The van der Waals surface area contributed by atoms with Gasteiger partial charge in [-0.05, 0) is 12.1 Å². The number of terminal acetylenes is 1. The van der Waals surface area contributed by atoms with Crippen molar-refractivity contribution in [2.45, 2.75) is 23.5 Å². The number of aromatic amines is 1. The van der Waals surface area contributed by atoms with Gasteiger partial charge in [0.05, 0.1) is 5.56 Å². The maximum absolute atomic E-state index is 12.3. The van der Waals surface area contributed by atoms with E-state index in [-0.39, 0.29) is 13.2 Å². The van der Waals surface area contributed by atoms with Crippen molar-refractivity contribution in [1.82, 2.24) is 9.55 Å². The molecule has 9 nitrogen and oxygen atoms in total. The molecular weight excluding hydrogens is 368 g/mol. The van der Waals surface area contributed by atoms with Crippen molar-refractivity contribution in [2.75, 3.05) is 13.2 Å². The molecule has 144 valence electrons. The van der Waals surface area contributed by atoms with Gasteiger partial charge in [-0.25, -0.2) is 9.59 Å². The van der Waals surface area contributed by atoms with E-state index >= 15 is 0 Å². The highest BCUT2D eigenvalue weighted by atomic mass is 16.7. The third-order valence-corrected chi connectivity index (χ3v) is 5.01. The summed E-state index contributed by atoms with van der Waals surface area (Å²) in [5.74, 6) is 1.77. The number of hydrogen-bond donors (Lipinski definition) is 2. The number of rotatable bonds is 4. The lowest BCUT2D eigenvalue weighted by Crippen LogP contribution is -2.71. The van der Waals surface area contributed by atoms with Gasteiger partial charge in [-0.15, -0.1) is 6.42 Å². The van der Waals surface area contributed by atoms with Gasteiger partial charge in [0, 0.05) is 12.3 Å². The number of aromatic nitrogens is 2. The molecule has 0 saturated carbocycles. The lowest BCUT2D eigenvalue weighted by molar-refractivity contribution is -0.312. The van der Waals surface area contributed by atoms with Crippen molar-refractivity contribution in [3.8, 4) is 12.3 Å². The number of aliphatic hydroxyl groups is 1. The largest absolute Gasteiger partial charge is 0.459 e. The molecule has 2 aliphatic heterocycles. The van der Waals surface area contributed by atoms with E-state index in [2.05, 4.69) is 10.9 Å². The average molecular weight is 384 g/mol. The first kappa shape index (κ1) is 18.2. The summed E-state index contributed by atoms with van der Waals surface area (Å²) in [7, 11) is 0. The number of ether oxygens (including phenoxy) is 3. The fraction of sp³-hybridized carbons (Fsp3) is 0.316. The Morgan fingerprint density at radius 3 is 2.71 bits per heavy atom. The second-order valence-corrected chi connectivity index (χ2v) is 6.50. The third-order valence-electron chi connectivity index (χ3n) is 5.01. The molecule has 0 bridgehead atoms. The molecule has 2 aromatic rings. The lowest BCUT2D eigenvalue weighted by Gasteiger charge is -2.50. The second kappa shape index (κ2) is 6.45. The molecular formula is C19H16N2O7. The van der Waals surface area contributed by atoms with Crippen molar-refractivity contribution in [2.24, 2.45) is 0 Å². The number of H-pyrrole nitrogens is 1. The fourth-order valence-electron chi connectivity index (χ4n) is 3.55. The number of aliphatic hydroxyl groups excluding tert-OH is 1. The normalized spacial score (nSPS) is 30.7. The van der Waals surface area contributed by atoms with Crippen LogP contribution in [0.1, 0.15) is 10.4 Å². The minimum Gasteiger partial charge on any atom is -0.459 e. The quantitative estimate of drug-likeness (QED) is 0.524. The van der Waals surface area contributed by atoms with Crippen LogP contribution in [0.5, 0.6) is 0 Å². The van der Waals surface area contributed by atoms with E-state index in [9.17, 15) is 19.5 Å². The summed E-state index contributed by atoms with van der Waals surface area (Å²) in [6.45, 7) is -0.426. The minimum atomic E-state index is -1.65. The molecule has 1 aromatic heterocycles. The molecule has 28 heavy (non-hydrogen) atoms. The van der Waals surface area contributed by atoms with Gasteiger partial charge in [-0.3, -0.25) is 14.3 Å². The van der Waals surface area contributed by atoms with Gasteiger partial charge in [0.2, 0.25) is 11.3 Å². The maximum Gasteiger partial charge on any atom is 0.338 e. The second-order valence-electron chi connectivity index (χ2n) is 6.50. The first-order valence-electron chi connectivity index (χ1n) is 8.46. The van der Waals surface area contributed by atoms with Gasteiger partial charge in [0.1, 0.15) is 25.4 Å². The van der Waals surface area contributed by atoms with Crippen LogP contribution in [0.4, 0.5) is 0 Å². The van der Waals surface area contributed by atoms with E-state index in [1.54, 1.807) is 30.3 Å². The van der Waals surface area contributed by atoms with Crippen LogP contribution in [0.15, 0.2) is 52.2 Å². The van der Waals surface area contributed by atoms with Crippen molar-refractivity contribution >= 4 is 5.97 Å². The molecule has 2 N–H and O–H groups in total. The van der Waals surface area contributed by atoms with Gasteiger partial charge in [-0.2, -0.15) is 0 Å². The highest BCUT2D eigenvalue weighted by Gasteiger charge is 2.74. The van der Waals surface area contributed by atoms with Gasteiger partial charge in [-0.1, -0.05) is 24.1 Å². The molecule has 0 spiro atoms. The summed E-state index contributed by atoms with van der Waals surface area (Å²) >= 11 is 0. The summed E-state index contributed by atoms with van der Waals surface area (Å²) in [4.78, 5) is 37.9. The first-order valence-corrected chi connectivity index (χ1v) is 8.46. The zero-order valence-electron chi connectivity index (χ0n) is 14.5. The summed E-state index contributed by atoms with van der Waals surface area (Å²) in [5, 5.41) is 10.7. The first-order chi connectivity index (χ1) is 13.4. The minimum absolute atomic E-state index is 0.122. The molecule has 4 rings (SSSR count). The zero-order valence-corrected chi connectivity index (χ0v) is 14.5. The number of esters is 1. The summed E-state index contributed by atoms with van der Waals surface area (Å²) in [6.07, 6.45) is 4.42. The number of hydrogen-bond acceptors (Lipinski definition) is 7. The predicted octanol–water partition coefficient (Wildman–Crippen LogP) is -0.792. The third kappa shape index (κ3) is 2.43. The van der Waals surface area contributed by atoms with Crippen LogP contribution in [0, 0.1) is 12.3 Å². The van der Waals surface area contributed by atoms with Crippen LogP contribution in [0.3, 0.4) is 0 Å². The van der Waals surface area contributed by atoms with Gasteiger partial charge < -0.3 is 19.3 Å². The SMILES string of the molecule is C#CC12OC[C@@]1(n1ccc(=O)[nH]c1=O)O[C@H](COC(=O)c1ccccc1)C2O. The monoisotopic (exact) mass is 384 g/mol. The van der Waals surface area contributed by atoms with E-state index in [0.29, 0.717) is 5.56 Å². The molecule has 3 heterocycles. The summed E-state index contributed by atoms with van der Waals surface area (Å²) in [5.41, 5.74) is -4.18. The standard InChI is InChI=1S/C19H16N2O7/c1-2-18-15(23)13(10-26-16(24)12-6-4-3-5-7-12)28-19(18,11-27-18)21-9-8-14(22)20-17(21)25/h1,3-9,13,15,23H,10-11H2,(H,20,22,25)/t13-,15?,18?,19-/m1/s1. The Morgan fingerprint density at radius 1 is 1.36 bits per heavy atom. The van der Waals surface area contributed by atoms with Crippen LogP contribution in [-0.2, 0) is 19.9 Å². The molecule has 4 atom stereocenters. The van der Waals surface area contributed by atoms with Gasteiger partial charge in [0.15, 0.2) is 0 Å². The fourth-order valence-corrected chi connectivity index (χ4v) is 3.55. The Bertz CT molecular complexity index is 1070. The summed E-state index contributed by atoms with van der Waals surface area (Å²) < 4.78 is 17.7. The van der Waals surface area contributed by atoms with Crippen molar-refractivity contribution < 1.29 is 24.1 Å². The highest BCUT2D eigenvalue weighted by Crippen LogP contribution is 2.52. The Labute approximate surface area is 158 Å². The number of fused-ring (bicyclic) bond motifs is 1. The molecule has 9 heteroatoms. The van der Waals surface area contributed by atoms with Crippen LogP contribution in [0.2, 0.25) is 0 Å². The number of carbonyl (C=O) groups excluding carboxylic acids is 1. The van der Waals surface area contributed by atoms with Crippen LogP contribution < -0.4 is 11.2 Å². The highest BCUT2D eigenvalue weighted by molar-refractivity contribution is 5.89. The Kier molecular flexibility index (Phi) is 4.19. The van der Waals surface area contributed by atoms with Gasteiger partial charge >= 0.3 is 11.7 Å². The number of nitrogens with one attached hydrogen (secondary N) is 1. The molecule has 0 amide bonds. The molecule has 1 aromatic carbocycles. The van der Waals surface area contributed by atoms with E-state index < -0.39 is 40.8 Å². The van der Waals surface area contributed by atoms with E-state index in [0.717, 1.165) is 10.6 Å². The van der Waals surface area contributed by atoms with Crippen molar-refractivity contribution in [1.29, 1.82) is 0 Å². The molecule has 0 radical (unpaired) electrons. The lowest BCUT2D eigenvalue weighted by atomic mass is 9.81. The van der Waals surface area contributed by atoms with Crippen LogP contribution >= 0.6 is 0 Å². The molecule has 0 aliphatic carbocycles. The van der Waals surface area contributed by atoms with E-state index in [1.807, 2.05) is 0 Å². The molecule has 2 saturated heterocycles. The number of carbonyl (C=O) groups is 1. The molecule has 2 aliphatic rings. The molecule has 2 unspecified atom stereocenters. The van der Waals surface area contributed by atoms with E-state index in [1.165, 1.54) is 6.20 Å². The maximum atomic E-state index is 12.3. The van der Waals surface area contributed by atoms with Crippen molar-refractivity contribution in [3.05, 3.63) is 69.0 Å². The predicted molar refractivity (Wildman–Crippen MR) is 94.4 cm³/mol. The zero-order chi connectivity index (χ0) is 19.9. The topological polar surface area (TPSA) is 120 Å². The van der Waals surface area contributed by atoms with Crippen LogP contribution in [-0.4, -0.2) is 51.6 Å². The average Bonchev–Trinajstić information content (AvgIpc) is 2.84. The smallest absolute Gasteiger partial charge is 0.338 e. The Morgan fingerprint density at radius 2 is 2.11 bits per heavy atom. The number of nitrogens with zero attached hydrogens (tertiary/aromatic N) is 1. The van der Waals surface area contributed by atoms with Gasteiger partial charge in [0.25, 0.3) is 5.56 Å². The number of benzene rings is 1. The van der Waals surface area contributed by atoms with E-state index in [4.69, 9.17) is 20.6 Å². The van der Waals surface area contributed by atoms with Crippen molar-refractivity contribution in [3.63, 3.8) is 0 Å².